The summed E-state index contributed by atoms with van der Waals surface area (Å²) in [7, 11) is 4.96. The summed E-state index contributed by atoms with van der Waals surface area (Å²) < 4.78 is 2.72. The molecule has 116 valence electrons. The van der Waals surface area contributed by atoms with Crippen LogP contribution in [0.5, 0.6) is 0 Å². The van der Waals surface area contributed by atoms with Gasteiger partial charge in [-0.1, -0.05) is 0 Å². The molecule has 0 atom stereocenters. The molecule has 0 amide bonds. The third kappa shape index (κ3) is 6.45. The van der Waals surface area contributed by atoms with Gasteiger partial charge in [-0.15, -0.1) is 0 Å². The standard InChI is InChI=1S/C15H32N2.2BrH/c1-16(10-5-3-6-11-16)14-9-15-17(2)12-7-4-8-13-17;;/h3-15H2,1-2H3;2*1H/q+2;;/p-2. The minimum absolute atomic E-state index is 0. The Kier molecular flexibility index (Phi) is 9.43. The fourth-order valence-corrected chi connectivity index (χ4v) is 3.83. The summed E-state index contributed by atoms with van der Waals surface area (Å²) in [6.07, 6.45) is 10.2. The van der Waals surface area contributed by atoms with Crippen molar-refractivity contribution in [2.75, 3.05) is 53.4 Å². The first kappa shape index (κ1) is 19.9. The summed E-state index contributed by atoms with van der Waals surface area (Å²) in [5.74, 6) is 0. The van der Waals surface area contributed by atoms with E-state index in [0.717, 1.165) is 0 Å². The number of halogens is 2. The molecule has 4 heteroatoms. The van der Waals surface area contributed by atoms with Crippen LogP contribution in [-0.2, 0) is 0 Å². The number of hydrogen-bond acceptors (Lipinski definition) is 0. The van der Waals surface area contributed by atoms with Crippen molar-refractivity contribution >= 4 is 0 Å². The Morgan fingerprint density at radius 2 is 0.895 bits per heavy atom. The van der Waals surface area contributed by atoms with Crippen LogP contribution in [0.1, 0.15) is 44.9 Å². The fraction of sp³-hybridized carbons (Fsp3) is 1.00. The molecule has 0 aromatic carbocycles. The Labute approximate surface area is 141 Å². The smallest absolute Gasteiger partial charge is 0.0838 e. The first-order valence-electron chi connectivity index (χ1n) is 7.79. The van der Waals surface area contributed by atoms with Crippen LogP contribution in [0, 0.1) is 0 Å². The number of likely N-dealkylation sites (tertiary alicyclic amines) is 2. The normalized spacial score (nSPS) is 24.9. The molecule has 0 bridgehead atoms. The summed E-state index contributed by atoms with van der Waals surface area (Å²) >= 11 is 0. The molecule has 2 nitrogen and oxygen atoms in total. The molecule has 2 heterocycles. The predicted octanol–water partition coefficient (Wildman–Crippen LogP) is -3.35. The van der Waals surface area contributed by atoms with Crippen molar-refractivity contribution in [2.45, 2.75) is 44.9 Å². The van der Waals surface area contributed by atoms with Crippen molar-refractivity contribution in [1.82, 2.24) is 0 Å². The van der Waals surface area contributed by atoms with E-state index in [9.17, 15) is 0 Å². The molecule has 2 aliphatic heterocycles. The van der Waals surface area contributed by atoms with Crippen molar-refractivity contribution in [3.63, 3.8) is 0 Å². The molecule has 0 aromatic heterocycles. The highest BCUT2D eigenvalue weighted by Gasteiger charge is 2.28. The molecule has 0 aromatic rings. The molecule has 0 N–H and O–H groups in total. The maximum Gasteiger partial charge on any atom is 0.0838 e. The van der Waals surface area contributed by atoms with Gasteiger partial charge in [0, 0.05) is 6.42 Å². The highest BCUT2D eigenvalue weighted by molar-refractivity contribution is 4.54. The molecular formula is C15H32Br2N2. The number of quaternary nitrogens is 2. The Morgan fingerprint density at radius 3 is 1.21 bits per heavy atom. The first-order valence-corrected chi connectivity index (χ1v) is 7.79. The molecule has 0 radical (unpaired) electrons. The molecule has 19 heavy (non-hydrogen) atoms. The molecular weight excluding hydrogens is 368 g/mol. The zero-order valence-electron chi connectivity index (χ0n) is 12.8. The third-order valence-electron chi connectivity index (χ3n) is 5.19. The minimum Gasteiger partial charge on any atom is -1.00 e. The maximum absolute atomic E-state index is 2.48. The van der Waals surface area contributed by atoms with Gasteiger partial charge < -0.3 is 42.9 Å². The second-order valence-corrected chi connectivity index (χ2v) is 7.06. The quantitative estimate of drug-likeness (QED) is 0.433. The number of rotatable bonds is 4. The Bertz CT molecular complexity index is 210. The van der Waals surface area contributed by atoms with E-state index in [2.05, 4.69) is 14.1 Å². The summed E-state index contributed by atoms with van der Waals surface area (Å²) in [6, 6.07) is 0. The van der Waals surface area contributed by atoms with Gasteiger partial charge in [0.05, 0.1) is 53.4 Å². The molecule has 0 spiro atoms. The van der Waals surface area contributed by atoms with Gasteiger partial charge in [0.15, 0.2) is 0 Å². The van der Waals surface area contributed by atoms with E-state index in [1.165, 1.54) is 93.2 Å². The zero-order valence-corrected chi connectivity index (χ0v) is 16.0. The lowest BCUT2D eigenvalue weighted by atomic mass is 10.1. The van der Waals surface area contributed by atoms with Crippen LogP contribution in [0.15, 0.2) is 0 Å². The SMILES string of the molecule is C[N+]1(CCC[N+]2(C)CCCCC2)CCCCC1.[Br-].[Br-]. The van der Waals surface area contributed by atoms with Crippen LogP contribution in [0.2, 0.25) is 0 Å². The monoisotopic (exact) mass is 398 g/mol. The van der Waals surface area contributed by atoms with Crippen LogP contribution in [-0.4, -0.2) is 62.3 Å². The molecule has 0 saturated carbocycles. The van der Waals surface area contributed by atoms with Gasteiger partial charge in [-0.05, 0) is 38.5 Å². The van der Waals surface area contributed by atoms with E-state index >= 15 is 0 Å². The van der Waals surface area contributed by atoms with Crippen molar-refractivity contribution in [2.24, 2.45) is 0 Å². The molecule has 0 aliphatic carbocycles. The minimum atomic E-state index is 0. The summed E-state index contributed by atoms with van der Waals surface area (Å²) in [6.45, 7) is 8.59. The van der Waals surface area contributed by atoms with E-state index < -0.39 is 0 Å². The van der Waals surface area contributed by atoms with Crippen molar-refractivity contribution in [1.29, 1.82) is 0 Å². The van der Waals surface area contributed by atoms with Gasteiger partial charge in [0.25, 0.3) is 0 Å². The van der Waals surface area contributed by atoms with Gasteiger partial charge in [0.1, 0.15) is 0 Å². The first-order chi connectivity index (χ1) is 8.12. The van der Waals surface area contributed by atoms with Gasteiger partial charge in [-0.2, -0.15) is 0 Å². The lowest BCUT2D eigenvalue weighted by molar-refractivity contribution is -0.932. The van der Waals surface area contributed by atoms with Crippen molar-refractivity contribution in [3.8, 4) is 0 Å². The van der Waals surface area contributed by atoms with Crippen LogP contribution < -0.4 is 34.0 Å². The molecule has 2 fully saturated rings. The number of piperidine rings is 2. The topological polar surface area (TPSA) is 0 Å². The highest BCUT2D eigenvalue weighted by atomic mass is 79.9. The average Bonchev–Trinajstić information content (AvgIpc) is 2.30. The number of nitrogens with zero attached hydrogens (tertiary/aromatic N) is 2. The van der Waals surface area contributed by atoms with Crippen molar-refractivity contribution < 1.29 is 42.9 Å². The van der Waals surface area contributed by atoms with Gasteiger partial charge in [-0.3, -0.25) is 0 Å². The van der Waals surface area contributed by atoms with Crippen LogP contribution >= 0.6 is 0 Å². The van der Waals surface area contributed by atoms with Gasteiger partial charge in [-0.25, -0.2) is 0 Å². The Morgan fingerprint density at radius 1 is 0.579 bits per heavy atom. The van der Waals surface area contributed by atoms with Crippen LogP contribution in [0.25, 0.3) is 0 Å². The van der Waals surface area contributed by atoms with Crippen molar-refractivity contribution in [3.05, 3.63) is 0 Å². The third-order valence-corrected chi connectivity index (χ3v) is 5.19. The molecule has 2 rings (SSSR count). The van der Waals surface area contributed by atoms with E-state index in [1.807, 2.05) is 0 Å². The summed E-state index contributed by atoms with van der Waals surface area (Å²) in [4.78, 5) is 0. The lowest BCUT2D eigenvalue weighted by Crippen LogP contribution is -3.00. The van der Waals surface area contributed by atoms with E-state index in [0.29, 0.717) is 0 Å². The van der Waals surface area contributed by atoms with Crippen LogP contribution in [0.4, 0.5) is 0 Å². The largest absolute Gasteiger partial charge is 1.00 e. The predicted molar refractivity (Wildman–Crippen MR) is 73.9 cm³/mol. The summed E-state index contributed by atoms with van der Waals surface area (Å²) in [5.41, 5.74) is 0. The van der Waals surface area contributed by atoms with E-state index in [4.69, 9.17) is 0 Å². The lowest BCUT2D eigenvalue weighted by Gasteiger charge is -2.41. The van der Waals surface area contributed by atoms with Crippen LogP contribution in [0.3, 0.4) is 0 Å². The van der Waals surface area contributed by atoms with E-state index in [1.54, 1.807) is 0 Å². The fourth-order valence-electron chi connectivity index (χ4n) is 3.83. The second-order valence-electron chi connectivity index (χ2n) is 7.06. The summed E-state index contributed by atoms with van der Waals surface area (Å²) in [5, 5.41) is 0. The zero-order chi connectivity index (χ0) is 12.2. The molecule has 0 unspecified atom stereocenters. The Balaban J connectivity index is 0.00000162. The molecule has 2 aliphatic rings. The molecule has 2 saturated heterocycles. The maximum atomic E-state index is 2.48. The van der Waals surface area contributed by atoms with E-state index in [-0.39, 0.29) is 34.0 Å². The number of hydrogen-bond donors (Lipinski definition) is 0. The Hall–Kier alpha value is 0.880. The highest BCUT2D eigenvalue weighted by Crippen LogP contribution is 2.19. The second kappa shape index (κ2) is 9.01. The average molecular weight is 400 g/mol. The van der Waals surface area contributed by atoms with Gasteiger partial charge in [0.2, 0.25) is 0 Å². The van der Waals surface area contributed by atoms with Gasteiger partial charge >= 0.3 is 0 Å².